The topological polar surface area (TPSA) is 36.3 Å². The molecule has 0 N–H and O–H groups in total. The summed E-state index contributed by atoms with van der Waals surface area (Å²) in [4.78, 5) is 4.30. The van der Waals surface area contributed by atoms with Crippen LogP contribution in [0.15, 0.2) is 12.5 Å². The summed E-state index contributed by atoms with van der Waals surface area (Å²) in [5.41, 5.74) is 1.05. The lowest BCUT2D eigenvalue weighted by Crippen LogP contribution is -2.35. The van der Waals surface area contributed by atoms with E-state index in [0.717, 1.165) is 24.1 Å². The summed E-state index contributed by atoms with van der Waals surface area (Å²) in [5.74, 6) is 0. The van der Waals surface area contributed by atoms with E-state index in [2.05, 4.69) is 31.7 Å². The highest BCUT2D eigenvalue weighted by atomic mass is 79.9. The van der Waals surface area contributed by atoms with Gasteiger partial charge in [0.15, 0.2) is 0 Å². The van der Waals surface area contributed by atoms with Gasteiger partial charge in [0.25, 0.3) is 0 Å². The quantitative estimate of drug-likeness (QED) is 0.789. The van der Waals surface area contributed by atoms with Crippen LogP contribution in [0.25, 0.3) is 0 Å². The Hall–Kier alpha value is -0.390. The average Bonchev–Trinajstić information content (AvgIpc) is 2.77. The number of halogens is 1. The molecule has 15 heavy (non-hydrogen) atoms. The molecular weight excluding hydrogens is 260 g/mol. The molecule has 2 atom stereocenters. The molecule has 0 aromatic carbocycles. The van der Waals surface area contributed by atoms with Crippen molar-refractivity contribution in [3.05, 3.63) is 18.2 Å². The molecule has 1 fully saturated rings. The highest BCUT2D eigenvalue weighted by Crippen LogP contribution is 2.23. The Morgan fingerprint density at radius 2 is 2.60 bits per heavy atom. The molecule has 1 saturated heterocycles. The lowest BCUT2D eigenvalue weighted by Gasteiger charge is -2.31. The fourth-order valence-corrected chi connectivity index (χ4v) is 2.19. The molecule has 2 unspecified atom stereocenters. The van der Waals surface area contributed by atoms with Crippen LogP contribution in [0.3, 0.4) is 0 Å². The van der Waals surface area contributed by atoms with E-state index < -0.39 is 0 Å². The Bertz CT molecular complexity index is 316. The maximum absolute atomic E-state index is 5.42. The predicted molar refractivity (Wildman–Crippen MR) is 60.1 cm³/mol. The van der Waals surface area contributed by atoms with E-state index in [1.165, 1.54) is 0 Å². The summed E-state index contributed by atoms with van der Waals surface area (Å²) in [6.07, 6.45) is 5.06. The van der Waals surface area contributed by atoms with Crippen LogP contribution in [-0.4, -0.2) is 36.0 Å². The van der Waals surface area contributed by atoms with Crippen molar-refractivity contribution in [2.24, 2.45) is 0 Å². The van der Waals surface area contributed by atoms with Crippen LogP contribution in [0.5, 0.6) is 0 Å². The zero-order chi connectivity index (χ0) is 10.7. The van der Waals surface area contributed by atoms with Crippen molar-refractivity contribution in [2.75, 3.05) is 20.3 Å². The summed E-state index contributed by atoms with van der Waals surface area (Å²) in [6, 6.07) is 0.351. The minimum absolute atomic E-state index is 0.135. The van der Waals surface area contributed by atoms with Gasteiger partial charge in [0.1, 0.15) is 6.10 Å². The normalized spacial score (nSPS) is 26.8. The Balaban J connectivity index is 2.12. The van der Waals surface area contributed by atoms with Crippen LogP contribution in [0, 0.1) is 0 Å². The van der Waals surface area contributed by atoms with E-state index in [1.54, 1.807) is 7.11 Å². The molecule has 1 aliphatic rings. The molecule has 0 aliphatic carbocycles. The lowest BCUT2D eigenvalue weighted by molar-refractivity contribution is -0.0601. The Labute approximate surface area is 97.7 Å². The number of ether oxygens (including phenoxy) is 2. The summed E-state index contributed by atoms with van der Waals surface area (Å²) >= 11 is 3.40. The molecule has 0 radical (unpaired) electrons. The number of imidazole rings is 1. The van der Waals surface area contributed by atoms with Gasteiger partial charge in [-0.2, -0.15) is 0 Å². The molecule has 2 heterocycles. The van der Waals surface area contributed by atoms with E-state index in [9.17, 15) is 0 Å². The summed E-state index contributed by atoms with van der Waals surface area (Å²) in [7, 11) is 1.73. The molecule has 0 spiro atoms. The zero-order valence-corrected chi connectivity index (χ0v) is 10.3. The number of nitrogens with zero attached hydrogens (tertiary/aromatic N) is 2. The van der Waals surface area contributed by atoms with Gasteiger partial charge in [0, 0.05) is 25.2 Å². The van der Waals surface area contributed by atoms with Gasteiger partial charge in [-0.25, -0.2) is 4.98 Å². The largest absolute Gasteiger partial charge is 0.379 e. The standard InChI is InChI=1S/C10H15BrN2O2/c1-14-10-6-15-3-2-9(10)13-5-8(4-11)12-7-13/h5,7,9-10H,2-4,6H2,1H3. The van der Waals surface area contributed by atoms with Gasteiger partial charge in [0.05, 0.1) is 24.7 Å². The van der Waals surface area contributed by atoms with Gasteiger partial charge in [-0.3, -0.25) is 0 Å². The SMILES string of the molecule is COC1COCCC1n1cnc(CBr)c1. The molecule has 1 aliphatic heterocycles. The average molecular weight is 275 g/mol. The molecule has 0 saturated carbocycles. The smallest absolute Gasteiger partial charge is 0.101 e. The first-order valence-corrected chi connectivity index (χ1v) is 6.16. The van der Waals surface area contributed by atoms with Crippen LogP contribution in [0.1, 0.15) is 18.2 Å². The number of methoxy groups -OCH3 is 1. The van der Waals surface area contributed by atoms with Gasteiger partial charge in [-0.15, -0.1) is 0 Å². The third-order valence-corrected chi connectivity index (χ3v) is 3.32. The highest BCUT2D eigenvalue weighted by Gasteiger charge is 2.26. The van der Waals surface area contributed by atoms with Crippen molar-refractivity contribution in [1.82, 2.24) is 9.55 Å². The minimum Gasteiger partial charge on any atom is -0.379 e. The first-order chi connectivity index (χ1) is 7.35. The summed E-state index contributed by atoms with van der Waals surface area (Å²) in [6.45, 7) is 1.47. The monoisotopic (exact) mass is 274 g/mol. The fraction of sp³-hybridized carbons (Fsp3) is 0.700. The van der Waals surface area contributed by atoms with Crippen molar-refractivity contribution in [3.63, 3.8) is 0 Å². The van der Waals surface area contributed by atoms with E-state index in [1.807, 2.05) is 6.33 Å². The number of aromatic nitrogens is 2. The second-order valence-corrected chi connectivity index (χ2v) is 4.21. The van der Waals surface area contributed by atoms with Gasteiger partial charge in [-0.05, 0) is 6.42 Å². The molecule has 0 amide bonds. The van der Waals surface area contributed by atoms with Crippen LogP contribution < -0.4 is 0 Å². The van der Waals surface area contributed by atoms with Crippen molar-refractivity contribution in [1.29, 1.82) is 0 Å². The first kappa shape index (κ1) is 11.1. The van der Waals surface area contributed by atoms with Crippen LogP contribution in [-0.2, 0) is 14.8 Å². The number of hydrogen-bond donors (Lipinski definition) is 0. The predicted octanol–water partition coefficient (Wildman–Crippen LogP) is 1.75. The third-order valence-electron chi connectivity index (χ3n) is 2.75. The second kappa shape index (κ2) is 5.09. The Morgan fingerprint density at radius 3 is 3.27 bits per heavy atom. The van der Waals surface area contributed by atoms with Gasteiger partial charge >= 0.3 is 0 Å². The first-order valence-electron chi connectivity index (χ1n) is 5.04. The van der Waals surface area contributed by atoms with Crippen molar-refractivity contribution in [3.8, 4) is 0 Å². The molecule has 2 rings (SSSR count). The minimum atomic E-state index is 0.135. The molecule has 0 bridgehead atoms. The Kier molecular flexibility index (Phi) is 3.77. The maximum Gasteiger partial charge on any atom is 0.101 e. The number of rotatable bonds is 3. The van der Waals surface area contributed by atoms with Crippen LogP contribution in [0.4, 0.5) is 0 Å². The van der Waals surface area contributed by atoms with Crippen LogP contribution >= 0.6 is 15.9 Å². The molecule has 5 heteroatoms. The van der Waals surface area contributed by atoms with E-state index >= 15 is 0 Å². The van der Waals surface area contributed by atoms with E-state index in [0.29, 0.717) is 12.6 Å². The Morgan fingerprint density at radius 1 is 1.73 bits per heavy atom. The zero-order valence-electron chi connectivity index (χ0n) is 8.73. The van der Waals surface area contributed by atoms with Crippen LogP contribution in [0.2, 0.25) is 0 Å². The van der Waals surface area contributed by atoms with Crippen molar-refractivity contribution in [2.45, 2.75) is 23.9 Å². The van der Waals surface area contributed by atoms with Crippen molar-refractivity contribution < 1.29 is 9.47 Å². The van der Waals surface area contributed by atoms with Gasteiger partial charge in [0.2, 0.25) is 0 Å². The van der Waals surface area contributed by atoms with Crippen molar-refractivity contribution >= 4 is 15.9 Å². The molecule has 1 aromatic rings. The van der Waals surface area contributed by atoms with Gasteiger partial charge in [-0.1, -0.05) is 15.9 Å². The fourth-order valence-electron chi connectivity index (χ4n) is 1.90. The van der Waals surface area contributed by atoms with E-state index in [4.69, 9.17) is 9.47 Å². The number of hydrogen-bond acceptors (Lipinski definition) is 3. The molecular formula is C10H15BrN2O2. The summed E-state index contributed by atoms with van der Waals surface area (Å²) in [5, 5.41) is 0.793. The van der Waals surface area contributed by atoms with Gasteiger partial charge < -0.3 is 14.0 Å². The maximum atomic E-state index is 5.42. The molecule has 1 aromatic heterocycles. The molecule has 4 nitrogen and oxygen atoms in total. The summed E-state index contributed by atoms with van der Waals surface area (Å²) < 4.78 is 12.9. The second-order valence-electron chi connectivity index (χ2n) is 3.65. The molecule has 84 valence electrons. The highest BCUT2D eigenvalue weighted by molar-refractivity contribution is 9.08. The lowest BCUT2D eigenvalue weighted by atomic mass is 10.1. The third kappa shape index (κ3) is 2.41. The number of alkyl halides is 1. The van der Waals surface area contributed by atoms with E-state index in [-0.39, 0.29) is 6.10 Å².